The van der Waals surface area contributed by atoms with E-state index in [1.54, 1.807) is 23.4 Å². The van der Waals surface area contributed by atoms with Gasteiger partial charge < -0.3 is 15.1 Å². The van der Waals surface area contributed by atoms with E-state index in [-0.39, 0.29) is 6.03 Å². The predicted molar refractivity (Wildman–Crippen MR) is 96.6 cm³/mol. The number of anilines is 1. The van der Waals surface area contributed by atoms with Gasteiger partial charge >= 0.3 is 6.03 Å². The van der Waals surface area contributed by atoms with Crippen LogP contribution in [0.15, 0.2) is 48.8 Å². The van der Waals surface area contributed by atoms with Crippen molar-refractivity contribution in [3.8, 4) is 12.3 Å². The van der Waals surface area contributed by atoms with E-state index in [0.29, 0.717) is 18.8 Å². The minimum Gasteiger partial charge on any atom is -0.319 e. The van der Waals surface area contributed by atoms with Crippen LogP contribution < -0.4 is 5.32 Å². The summed E-state index contributed by atoms with van der Waals surface area (Å²) in [5, 5.41) is 2.91. The molecule has 1 aromatic heterocycles. The maximum absolute atomic E-state index is 12.7. The number of benzene rings is 1. The summed E-state index contributed by atoms with van der Waals surface area (Å²) in [6, 6.07) is 10.9. The van der Waals surface area contributed by atoms with Crippen molar-refractivity contribution in [2.75, 3.05) is 32.5 Å². The van der Waals surface area contributed by atoms with Crippen LogP contribution in [0.1, 0.15) is 11.1 Å². The molecule has 0 unspecified atom stereocenters. The first kappa shape index (κ1) is 17.5. The second-order valence-corrected chi connectivity index (χ2v) is 5.74. The third-order valence-corrected chi connectivity index (χ3v) is 3.48. The molecule has 1 heterocycles. The second-order valence-electron chi connectivity index (χ2n) is 5.74. The number of aromatic nitrogens is 1. The van der Waals surface area contributed by atoms with Crippen LogP contribution in [-0.4, -0.2) is 48.0 Å². The molecule has 1 N–H and O–H groups in total. The topological polar surface area (TPSA) is 48.5 Å². The van der Waals surface area contributed by atoms with E-state index in [4.69, 9.17) is 6.42 Å². The van der Waals surface area contributed by atoms with Crippen LogP contribution in [0, 0.1) is 12.3 Å². The van der Waals surface area contributed by atoms with Crippen LogP contribution in [0.2, 0.25) is 0 Å². The van der Waals surface area contributed by atoms with Crippen molar-refractivity contribution >= 4 is 11.7 Å². The van der Waals surface area contributed by atoms with Crippen molar-refractivity contribution in [3.05, 3.63) is 59.9 Å². The molecule has 2 rings (SSSR count). The molecule has 5 nitrogen and oxygen atoms in total. The number of nitrogens with one attached hydrogen (secondary N) is 1. The molecule has 2 amide bonds. The highest BCUT2D eigenvalue weighted by molar-refractivity contribution is 5.89. The van der Waals surface area contributed by atoms with Crippen LogP contribution in [0.3, 0.4) is 0 Å². The third kappa shape index (κ3) is 5.41. The molecular formula is C19H22N4O. The smallest absolute Gasteiger partial charge is 0.319 e. The van der Waals surface area contributed by atoms with Crippen LogP contribution >= 0.6 is 0 Å². The highest BCUT2D eigenvalue weighted by Crippen LogP contribution is 2.12. The van der Waals surface area contributed by atoms with Crippen LogP contribution in [0.25, 0.3) is 0 Å². The van der Waals surface area contributed by atoms with E-state index in [0.717, 1.165) is 17.7 Å². The van der Waals surface area contributed by atoms with Gasteiger partial charge in [-0.3, -0.25) is 4.98 Å². The van der Waals surface area contributed by atoms with Gasteiger partial charge in [-0.15, -0.1) is 6.42 Å². The van der Waals surface area contributed by atoms with Gasteiger partial charge in [0.25, 0.3) is 0 Å². The zero-order valence-electron chi connectivity index (χ0n) is 14.1. The third-order valence-electron chi connectivity index (χ3n) is 3.48. The summed E-state index contributed by atoms with van der Waals surface area (Å²) >= 11 is 0. The normalized spacial score (nSPS) is 10.2. The molecule has 0 spiro atoms. The number of urea groups is 1. The number of amides is 2. The van der Waals surface area contributed by atoms with Crippen LogP contribution in [0.5, 0.6) is 0 Å². The zero-order valence-corrected chi connectivity index (χ0v) is 14.1. The lowest BCUT2D eigenvalue weighted by Crippen LogP contribution is -2.39. The Morgan fingerprint density at radius 3 is 2.75 bits per heavy atom. The van der Waals surface area contributed by atoms with E-state index in [1.165, 1.54) is 0 Å². The van der Waals surface area contributed by atoms with E-state index >= 15 is 0 Å². The fourth-order valence-corrected chi connectivity index (χ4v) is 2.17. The summed E-state index contributed by atoms with van der Waals surface area (Å²) < 4.78 is 0. The van der Waals surface area contributed by atoms with Crippen molar-refractivity contribution in [2.45, 2.75) is 6.54 Å². The summed E-state index contributed by atoms with van der Waals surface area (Å²) in [6.07, 6.45) is 8.90. The molecule has 0 radical (unpaired) electrons. The average Bonchev–Trinajstić information content (AvgIpc) is 2.59. The molecule has 0 aliphatic rings. The van der Waals surface area contributed by atoms with Gasteiger partial charge in [0.15, 0.2) is 0 Å². The van der Waals surface area contributed by atoms with E-state index in [1.807, 2.05) is 49.3 Å². The Kier molecular flexibility index (Phi) is 6.35. The Balaban J connectivity index is 2.09. The summed E-state index contributed by atoms with van der Waals surface area (Å²) in [5.41, 5.74) is 2.42. The first-order valence-corrected chi connectivity index (χ1v) is 7.74. The number of rotatable bonds is 6. The molecule has 2 aromatic rings. The average molecular weight is 322 g/mol. The lowest BCUT2D eigenvalue weighted by molar-refractivity contribution is 0.202. The summed E-state index contributed by atoms with van der Waals surface area (Å²) in [6.45, 7) is 1.89. The van der Waals surface area contributed by atoms with Gasteiger partial charge in [0.1, 0.15) is 0 Å². The lowest BCUT2D eigenvalue weighted by Gasteiger charge is -2.24. The molecule has 0 saturated carbocycles. The van der Waals surface area contributed by atoms with E-state index < -0.39 is 0 Å². The predicted octanol–water partition coefficient (Wildman–Crippen LogP) is 2.66. The zero-order chi connectivity index (χ0) is 17.4. The standard InChI is InChI=1S/C19H22N4O/c1-4-16-7-5-9-18(13-16)21-19(24)23(12-11-22(2)3)15-17-8-6-10-20-14-17/h1,5-10,13-14H,11-12,15H2,2-3H3,(H,21,24). The molecule has 0 aliphatic heterocycles. The van der Waals surface area contributed by atoms with Gasteiger partial charge in [0, 0.05) is 43.3 Å². The number of terminal acetylenes is 1. The Morgan fingerprint density at radius 2 is 2.08 bits per heavy atom. The van der Waals surface area contributed by atoms with Gasteiger partial charge in [-0.25, -0.2) is 4.79 Å². The quantitative estimate of drug-likeness (QED) is 0.832. The summed E-state index contributed by atoms with van der Waals surface area (Å²) in [7, 11) is 3.97. The number of carbonyl (C=O) groups excluding carboxylic acids is 1. The number of carbonyl (C=O) groups is 1. The minimum absolute atomic E-state index is 0.158. The number of nitrogens with zero attached hydrogens (tertiary/aromatic N) is 3. The van der Waals surface area contributed by atoms with Crippen molar-refractivity contribution in [3.63, 3.8) is 0 Å². The molecule has 0 bridgehead atoms. The first-order valence-electron chi connectivity index (χ1n) is 7.74. The Morgan fingerprint density at radius 1 is 1.25 bits per heavy atom. The number of hydrogen-bond acceptors (Lipinski definition) is 3. The fourth-order valence-electron chi connectivity index (χ4n) is 2.17. The number of hydrogen-bond donors (Lipinski definition) is 1. The summed E-state index contributed by atoms with van der Waals surface area (Å²) in [4.78, 5) is 20.6. The Hall–Kier alpha value is -2.84. The molecule has 0 aliphatic carbocycles. The van der Waals surface area contributed by atoms with Crippen LogP contribution in [-0.2, 0) is 6.54 Å². The van der Waals surface area contributed by atoms with Crippen LogP contribution in [0.4, 0.5) is 10.5 Å². The fraction of sp³-hybridized carbons (Fsp3) is 0.263. The van der Waals surface area contributed by atoms with Gasteiger partial charge in [-0.05, 0) is 43.9 Å². The maximum Gasteiger partial charge on any atom is 0.322 e. The maximum atomic E-state index is 12.7. The van der Waals surface area contributed by atoms with Crippen molar-refractivity contribution < 1.29 is 4.79 Å². The first-order chi connectivity index (χ1) is 11.6. The largest absolute Gasteiger partial charge is 0.322 e. The van der Waals surface area contributed by atoms with Crippen molar-refractivity contribution in [1.82, 2.24) is 14.8 Å². The monoisotopic (exact) mass is 322 g/mol. The Bertz CT molecular complexity index is 707. The second kappa shape index (κ2) is 8.70. The van der Waals surface area contributed by atoms with Gasteiger partial charge in [-0.2, -0.15) is 0 Å². The molecule has 0 saturated heterocycles. The van der Waals surface area contributed by atoms with Crippen molar-refractivity contribution in [2.24, 2.45) is 0 Å². The molecule has 5 heteroatoms. The molecule has 0 fully saturated rings. The van der Waals surface area contributed by atoms with Gasteiger partial charge in [0.05, 0.1) is 0 Å². The van der Waals surface area contributed by atoms with Crippen molar-refractivity contribution in [1.29, 1.82) is 0 Å². The molecule has 1 aromatic carbocycles. The molecular weight excluding hydrogens is 300 g/mol. The molecule has 124 valence electrons. The van der Waals surface area contributed by atoms with Gasteiger partial charge in [0.2, 0.25) is 0 Å². The number of pyridine rings is 1. The Labute approximate surface area is 143 Å². The lowest BCUT2D eigenvalue weighted by atomic mass is 10.2. The summed E-state index contributed by atoms with van der Waals surface area (Å²) in [5.74, 6) is 2.57. The number of likely N-dealkylation sites (N-methyl/N-ethyl adjacent to an activating group) is 1. The molecule has 0 atom stereocenters. The SMILES string of the molecule is C#Cc1cccc(NC(=O)N(CCN(C)C)Cc2cccnc2)c1. The van der Waals surface area contributed by atoms with E-state index in [2.05, 4.69) is 16.2 Å². The highest BCUT2D eigenvalue weighted by Gasteiger charge is 2.14. The molecule has 24 heavy (non-hydrogen) atoms. The van der Waals surface area contributed by atoms with E-state index in [9.17, 15) is 4.79 Å². The highest BCUT2D eigenvalue weighted by atomic mass is 16.2. The van der Waals surface area contributed by atoms with Gasteiger partial charge in [-0.1, -0.05) is 18.1 Å². The minimum atomic E-state index is -0.158.